The number of nitrogens with zero attached hydrogens (tertiary/aromatic N) is 3. The van der Waals surface area contributed by atoms with Crippen LogP contribution in [0.15, 0.2) is 34.9 Å². The van der Waals surface area contributed by atoms with E-state index in [9.17, 15) is 9.59 Å². The molecule has 7 nitrogen and oxygen atoms in total. The predicted molar refractivity (Wildman–Crippen MR) is 110 cm³/mol. The molecule has 4 heterocycles. The molecule has 3 aromatic rings. The van der Waals surface area contributed by atoms with Gasteiger partial charge < -0.3 is 19.3 Å². The Morgan fingerprint density at radius 1 is 1.07 bits per heavy atom. The van der Waals surface area contributed by atoms with Gasteiger partial charge in [-0.2, -0.15) is 0 Å². The molecule has 1 saturated heterocycles. The van der Waals surface area contributed by atoms with Crippen molar-refractivity contribution in [1.29, 1.82) is 0 Å². The molecule has 1 N–H and O–H groups in total. The third-order valence-corrected chi connectivity index (χ3v) is 7.00. The Kier molecular flexibility index (Phi) is 3.82. The molecule has 2 aliphatic heterocycles. The minimum Gasteiger partial charge on any atom is -0.351 e. The van der Waals surface area contributed by atoms with Crippen LogP contribution < -0.4 is 0 Å². The zero-order valence-electron chi connectivity index (χ0n) is 16.8. The van der Waals surface area contributed by atoms with Gasteiger partial charge in [-0.05, 0) is 44.2 Å². The standard InChI is InChI=1S/C23H24N4O3/c28-21(19-13-15-5-1-2-6-17(15)24-19)26-12-7-18-16(14-26)20(30-25-18)22(29)27-11-4-3-8-23(27)9-10-23/h1-2,5-6,13,24H,3-4,7-12,14H2. The van der Waals surface area contributed by atoms with E-state index in [1.54, 1.807) is 4.90 Å². The number of rotatable bonds is 2. The van der Waals surface area contributed by atoms with Gasteiger partial charge in [-0.1, -0.05) is 23.4 Å². The molecule has 0 unspecified atom stereocenters. The van der Waals surface area contributed by atoms with Crippen LogP contribution in [0.4, 0.5) is 0 Å². The van der Waals surface area contributed by atoms with Crippen molar-refractivity contribution in [2.45, 2.75) is 50.6 Å². The van der Waals surface area contributed by atoms with Crippen molar-refractivity contribution in [1.82, 2.24) is 19.9 Å². The minimum atomic E-state index is -0.0620. The monoisotopic (exact) mass is 404 g/mol. The number of fused-ring (bicyclic) bond motifs is 2. The quantitative estimate of drug-likeness (QED) is 0.709. The number of carbonyl (C=O) groups excluding carboxylic acids is 2. The van der Waals surface area contributed by atoms with Crippen LogP contribution in [0.1, 0.15) is 64.4 Å². The Labute approximate surface area is 174 Å². The lowest BCUT2D eigenvalue weighted by atomic mass is 9.98. The summed E-state index contributed by atoms with van der Waals surface area (Å²) in [7, 11) is 0. The topological polar surface area (TPSA) is 82.4 Å². The second-order valence-electron chi connectivity index (χ2n) is 8.82. The van der Waals surface area contributed by atoms with Crippen molar-refractivity contribution < 1.29 is 14.1 Å². The van der Waals surface area contributed by atoms with Crippen LogP contribution >= 0.6 is 0 Å². The number of piperidine rings is 1. The van der Waals surface area contributed by atoms with E-state index in [2.05, 4.69) is 10.1 Å². The zero-order valence-corrected chi connectivity index (χ0v) is 16.8. The third-order valence-electron chi connectivity index (χ3n) is 7.00. The van der Waals surface area contributed by atoms with Crippen molar-refractivity contribution in [3.05, 3.63) is 53.0 Å². The number of aromatic amines is 1. The molecule has 154 valence electrons. The molecule has 7 heteroatoms. The molecular formula is C23H24N4O3. The summed E-state index contributed by atoms with van der Waals surface area (Å²) in [4.78, 5) is 33.5. The lowest BCUT2D eigenvalue weighted by Gasteiger charge is -2.36. The number of carbonyl (C=O) groups is 2. The molecule has 1 aromatic carbocycles. The van der Waals surface area contributed by atoms with Crippen LogP contribution in [-0.2, 0) is 13.0 Å². The first kappa shape index (κ1) is 17.7. The van der Waals surface area contributed by atoms with E-state index >= 15 is 0 Å². The molecule has 1 spiro atoms. The first-order valence-corrected chi connectivity index (χ1v) is 10.8. The van der Waals surface area contributed by atoms with Crippen LogP contribution in [0, 0.1) is 0 Å². The number of hydrogen-bond donors (Lipinski definition) is 1. The van der Waals surface area contributed by atoms with E-state index in [1.807, 2.05) is 35.2 Å². The molecule has 2 fully saturated rings. The number of amides is 2. The lowest BCUT2D eigenvalue weighted by molar-refractivity contribution is 0.0526. The first-order chi connectivity index (χ1) is 14.6. The second kappa shape index (κ2) is 6.45. The third kappa shape index (κ3) is 2.68. The van der Waals surface area contributed by atoms with E-state index in [4.69, 9.17) is 4.52 Å². The number of para-hydroxylation sites is 1. The van der Waals surface area contributed by atoms with E-state index in [-0.39, 0.29) is 17.4 Å². The Morgan fingerprint density at radius 2 is 1.93 bits per heavy atom. The largest absolute Gasteiger partial charge is 0.351 e. The van der Waals surface area contributed by atoms with Crippen molar-refractivity contribution >= 4 is 22.7 Å². The van der Waals surface area contributed by atoms with Gasteiger partial charge in [-0.25, -0.2) is 0 Å². The highest BCUT2D eigenvalue weighted by atomic mass is 16.5. The smallest absolute Gasteiger partial charge is 0.293 e. The molecule has 0 bridgehead atoms. The van der Waals surface area contributed by atoms with Crippen molar-refractivity contribution in [2.24, 2.45) is 0 Å². The maximum atomic E-state index is 13.3. The van der Waals surface area contributed by atoms with Gasteiger partial charge >= 0.3 is 0 Å². The van der Waals surface area contributed by atoms with Crippen molar-refractivity contribution in [2.75, 3.05) is 13.1 Å². The van der Waals surface area contributed by atoms with Crippen molar-refractivity contribution in [3.63, 3.8) is 0 Å². The molecule has 0 atom stereocenters. The Morgan fingerprint density at radius 3 is 2.77 bits per heavy atom. The first-order valence-electron chi connectivity index (χ1n) is 10.8. The molecule has 1 aliphatic carbocycles. The number of benzene rings is 1. The summed E-state index contributed by atoms with van der Waals surface area (Å²) in [5.74, 6) is 0.210. The Hall–Kier alpha value is -3.09. The van der Waals surface area contributed by atoms with Gasteiger partial charge in [0, 0.05) is 41.5 Å². The zero-order chi connectivity index (χ0) is 20.3. The van der Waals surface area contributed by atoms with Crippen LogP contribution in [0.5, 0.6) is 0 Å². The maximum absolute atomic E-state index is 13.3. The molecule has 1 saturated carbocycles. The average Bonchev–Trinajstić information content (AvgIpc) is 3.23. The van der Waals surface area contributed by atoms with Gasteiger partial charge in [0.1, 0.15) is 5.69 Å². The van der Waals surface area contributed by atoms with Gasteiger partial charge in [-0.3, -0.25) is 9.59 Å². The number of likely N-dealkylation sites (tertiary alicyclic amines) is 1. The fourth-order valence-electron chi connectivity index (χ4n) is 5.11. The van der Waals surface area contributed by atoms with Gasteiger partial charge in [0.2, 0.25) is 5.76 Å². The predicted octanol–water partition coefficient (Wildman–Crippen LogP) is 3.51. The molecule has 0 radical (unpaired) electrons. The number of hydrogen-bond acceptors (Lipinski definition) is 4. The fraction of sp³-hybridized carbons (Fsp3) is 0.435. The van der Waals surface area contributed by atoms with E-state index in [0.29, 0.717) is 31.0 Å². The van der Waals surface area contributed by atoms with E-state index in [0.717, 1.165) is 54.4 Å². The fourth-order valence-corrected chi connectivity index (χ4v) is 5.11. The SMILES string of the molecule is O=C(c1cc2ccccc2[nH]1)N1CCc2noc(C(=O)N3CCCCC34CC4)c2C1. The summed E-state index contributed by atoms with van der Waals surface area (Å²) in [6.45, 7) is 1.70. The van der Waals surface area contributed by atoms with Crippen LogP contribution in [0.25, 0.3) is 10.9 Å². The van der Waals surface area contributed by atoms with Crippen LogP contribution in [0.2, 0.25) is 0 Å². The van der Waals surface area contributed by atoms with Gasteiger partial charge in [0.25, 0.3) is 11.8 Å². The van der Waals surface area contributed by atoms with Gasteiger partial charge in [-0.15, -0.1) is 0 Å². The Bertz CT molecular complexity index is 1120. The van der Waals surface area contributed by atoms with Crippen molar-refractivity contribution in [3.8, 4) is 0 Å². The maximum Gasteiger partial charge on any atom is 0.293 e. The summed E-state index contributed by atoms with van der Waals surface area (Å²) in [6.07, 6.45) is 6.07. The van der Waals surface area contributed by atoms with Crippen LogP contribution in [-0.4, -0.2) is 50.4 Å². The highest BCUT2D eigenvalue weighted by molar-refractivity contribution is 5.98. The number of H-pyrrole nitrogens is 1. The lowest BCUT2D eigenvalue weighted by Crippen LogP contribution is -2.46. The molecule has 2 aromatic heterocycles. The van der Waals surface area contributed by atoms with Crippen LogP contribution in [0.3, 0.4) is 0 Å². The van der Waals surface area contributed by atoms with E-state index in [1.165, 1.54) is 6.42 Å². The summed E-state index contributed by atoms with van der Waals surface area (Å²) < 4.78 is 5.55. The summed E-state index contributed by atoms with van der Waals surface area (Å²) in [6, 6.07) is 9.74. The Balaban J connectivity index is 1.27. The van der Waals surface area contributed by atoms with E-state index < -0.39 is 0 Å². The molecule has 3 aliphatic rings. The molecule has 2 amide bonds. The minimum absolute atomic E-state index is 0.0452. The highest BCUT2D eigenvalue weighted by Crippen LogP contribution is 2.49. The van der Waals surface area contributed by atoms with Gasteiger partial charge in [0.05, 0.1) is 12.2 Å². The molecule has 30 heavy (non-hydrogen) atoms. The van der Waals surface area contributed by atoms with Gasteiger partial charge in [0.15, 0.2) is 0 Å². The summed E-state index contributed by atoms with van der Waals surface area (Å²) in [5, 5.41) is 5.19. The summed E-state index contributed by atoms with van der Waals surface area (Å²) >= 11 is 0. The number of nitrogens with one attached hydrogen (secondary N) is 1. The highest BCUT2D eigenvalue weighted by Gasteiger charge is 2.52. The number of aromatic nitrogens is 2. The molecular weight excluding hydrogens is 380 g/mol. The summed E-state index contributed by atoms with van der Waals surface area (Å²) in [5.41, 5.74) is 3.14. The second-order valence-corrected chi connectivity index (χ2v) is 8.82. The normalized spacial score (nSPS) is 19.9. The molecule has 6 rings (SSSR count). The average molecular weight is 404 g/mol.